The van der Waals surface area contributed by atoms with Crippen molar-refractivity contribution in [3.63, 3.8) is 0 Å². The summed E-state index contributed by atoms with van der Waals surface area (Å²) in [5.74, 6) is 3.73. The quantitative estimate of drug-likeness (QED) is 0.779. The van der Waals surface area contributed by atoms with Crippen molar-refractivity contribution >= 4 is 0 Å². The van der Waals surface area contributed by atoms with Crippen molar-refractivity contribution in [3.05, 3.63) is 11.6 Å². The van der Waals surface area contributed by atoms with E-state index in [9.17, 15) is 0 Å². The lowest BCUT2D eigenvalue weighted by Gasteiger charge is -2.23. The summed E-state index contributed by atoms with van der Waals surface area (Å²) in [5.41, 5.74) is 6.03. The normalized spacial score (nSPS) is 34.0. The average molecular weight is 220 g/mol. The van der Waals surface area contributed by atoms with Crippen molar-refractivity contribution in [2.24, 2.45) is 11.7 Å². The van der Waals surface area contributed by atoms with Crippen molar-refractivity contribution in [3.8, 4) is 0 Å². The van der Waals surface area contributed by atoms with Gasteiger partial charge in [0.2, 0.25) is 0 Å². The summed E-state index contributed by atoms with van der Waals surface area (Å²) in [7, 11) is 0. The van der Waals surface area contributed by atoms with Gasteiger partial charge in [-0.25, -0.2) is 0 Å². The monoisotopic (exact) mass is 220 g/mol. The number of nitrogens with zero attached hydrogens (tertiary/aromatic N) is 3. The van der Waals surface area contributed by atoms with Gasteiger partial charge in [-0.15, -0.1) is 10.2 Å². The van der Waals surface area contributed by atoms with Gasteiger partial charge in [-0.1, -0.05) is 13.3 Å². The highest BCUT2D eigenvalue weighted by molar-refractivity contribution is 5.08. The largest absolute Gasteiger partial charge is 0.326 e. The van der Waals surface area contributed by atoms with Crippen LogP contribution in [0.1, 0.15) is 50.2 Å². The van der Waals surface area contributed by atoms with Gasteiger partial charge in [0.15, 0.2) is 0 Å². The summed E-state index contributed by atoms with van der Waals surface area (Å²) < 4.78 is 2.29. The average Bonchev–Trinajstić information content (AvgIpc) is 2.83. The predicted octanol–water partition coefficient (Wildman–Crippen LogP) is 1.46. The van der Waals surface area contributed by atoms with Crippen LogP contribution in [0.3, 0.4) is 0 Å². The van der Waals surface area contributed by atoms with Gasteiger partial charge >= 0.3 is 0 Å². The third-order valence-corrected chi connectivity index (χ3v) is 4.20. The minimum Gasteiger partial charge on any atom is -0.326 e. The molecule has 1 fully saturated rings. The summed E-state index contributed by atoms with van der Waals surface area (Å²) in [6.45, 7) is 3.25. The maximum atomic E-state index is 6.03. The van der Waals surface area contributed by atoms with Gasteiger partial charge in [-0.2, -0.15) is 0 Å². The van der Waals surface area contributed by atoms with E-state index in [0.29, 0.717) is 12.0 Å². The number of hydrogen-bond donors (Lipinski definition) is 1. The van der Waals surface area contributed by atoms with E-state index in [1.54, 1.807) is 0 Å². The summed E-state index contributed by atoms with van der Waals surface area (Å²) in [4.78, 5) is 0. The molecule has 2 N–H and O–H groups in total. The lowest BCUT2D eigenvalue weighted by molar-refractivity contribution is 0.416. The van der Waals surface area contributed by atoms with Crippen molar-refractivity contribution in [1.29, 1.82) is 0 Å². The van der Waals surface area contributed by atoms with Gasteiger partial charge in [0.05, 0.1) is 0 Å². The number of nitrogens with two attached hydrogens (primary N) is 1. The third-order valence-electron chi connectivity index (χ3n) is 4.20. The second-order valence-electron chi connectivity index (χ2n) is 5.40. The van der Waals surface area contributed by atoms with Crippen LogP contribution in [0.2, 0.25) is 0 Å². The zero-order chi connectivity index (χ0) is 11.1. The molecule has 1 aromatic rings. The van der Waals surface area contributed by atoms with E-state index < -0.39 is 0 Å². The number of aryl methyl sites for hydroxylation is 1. The van der Waals surface area contributed by atoms with Gasteiger partial charge in [0.25, 0.3) is 0 Å². The fourth-order valence-corrected chi connectivity index (χ4v) is 3.18. The Hall–Kier alpha value is -0.900. The number of hydrogen-bond acceptors (Lipinski definition) is 3. The fourth-order valence-electron chi connectivity index (χ4n) is 3.18. The molecular weight excluding hydrogens is 200 g/mol. The molecule has 4 nitrogen and oxygen atoms in total. The van der Waals surface area contributed by atoms with Gasteiger partial charge in [0.1, 0.15) is 11.6 Å². The first-order valence-electron chi connectivity index (χ1n) is 6.43. The summed E-state index contributed by atoms with van der Waals surface area (Å²) in [5, 5.41) is 8.75. The maximum Gasteiger partial charge on any atom is 0.136 e. The molecule has 3 unspecified atom stereocenters. The molecule has 88 valence electrons. The van der Waals surface area contributed by atoms with Crippen molar-refractivity contribution < 1.29 is 0 Å². The molecule has 16 heavy (non-hydrogen) atoms. The molecule has 1 saturated carbocycles. The van der Waals surface area contributed by atoms with E-state index in [1.165, 1.54) is 25.1 Å². The van der Waals surface area contributed by atoms with Crippen LogP contribution in [0.4, 0.5) is 0 Å². The molecule has 1 aliphatic heterocycles. The molecule has 0 radical (unpaired) electrons. The van der Waals surface area contributed by atoms with Crippen LogP contribution in [-0.4, -0.2) is 20.8 Å². The lowest BCUT2D eigenvalue weighted by atomic mass is 9.96. The zero-order valence-corrected chi connectivity index (χ0v) is 9.89. The standard InChI is InChI=1S/C12H20N4/c1-8-3-2-4-10(8)12-15-14-11-6-5-9(13)7-16(11)12/h8-10H,2-7,13H2,1H3. The van der Waals surface area contributed by atoms with E-state index >= 15 is 0 Å². The van der Waals surface area contributed by atoms with Crippen molar-refractivity contribution in [1.82, 2.24) is 14.8 Å². The molecular formula is C12H20N4. The highest BCUT2D eigenvalue weighted by Gasteiger charge is 2.31. The molecule has 0 bridgehead atoms. The predicted molar refractivity (Wildman–Crippen MR) is 62.1 cm³/mol. The topological polar surface area (TPSA) is 56.7 Å². The van der Waals surface area contributed by atoms with Crippen LogP contribution in [0, 0.1) is 5.92 Å². The Kier molecular flexibility index (Phi) is 2.46. The molecule has 0 saturated heterocycles. The Bertz CT molecular complexity index is 384. The van der Waals surface area contributed by atoms with Crippen LogP contribution < -0.4 is 5.73 Å². The van der Waals surface area contributed by atoms with E-state index in [4.69, 9.17) is 5.73 Å². The van der Waals surface area contributed by atoms with Crippen LogP contribution in [0.15, 0.2) is 0 Å². The van der Waals surface area contributed by atoms with Gasteiger partial charge in [0, 0.05) is 24.9 Å². The van der Waals surface area contributed by atoms with E-state index in [-0.39, 0.29) is 0 Å². The first-order valence-corrected chi connectivity index (χ1v) is 6.43. The van der Waals surface area contributed by atoms with Crippen molar-refractivity contribution in [2.45, 2.75) is 57.5 Å². The van der Waals surface area contributed by atoms with Crippen LogP contribution >= 0.6 is 0 Å². The first-order chi connectivity index (χ1) is 7.75. The van der Waals surface area contributed by atoms with Crippen LogP contribution in [0.5, 0.6) is 0 Å². The highest BCUT2D eigenvalue weighted by atomic mass is 15.3. The smallest absolute Gasteiger partial charge is 0.136 e. The molecule has 0 aromatic carbocycles. The second-order valence-corrected chi connectivity index (χ2v) is 5.40. The van der Waals surface area contributed by atoms with Gasteiger partial charge in [-0.05, 0) is 25.2 Å². The second kappa shape index (κ2) is 3.84. The molecule has 4 heteroatoms. The third kappa shape index (κ3) is 1.56. The molecule has 0 amide bonds. The SMILES string of the molecule is CC1CCCC1c1nnc2n1CC(N)CC2. The summed E-state index contributed by atoms with van der Waals surface area (Å²) in [6.07, 6.45) is 5.99. The van der Waals surface area contributed by atoms with Crippen LogP contribution in [0.25, 0.3) is 0 Å². The Labute approximate surface area is 96.2 Å². The van der Waals surface area contributed by atoms with Gasteiger partial charge < -0.3 is 10.3 Å². The van der Waals surface area contributed by atoms with E-state index in [2.05, 4.69) is 21.7 Å². The molecule has 1 aromatic heterocycles. The minimum atomic E-state index is 0.291. The summed E-state index contributed by atoms with van der Waals surface area (Å²) >= 11 is 0. The van der Waals surface area contributed by atoms with Crippen LogP contribution in [-0.2, 0) is 13.0 Å². The molecule has 1 aliphatic carbocycles. The number of rotatable bonds is 1. The first kappa shape index (κ1) is 10.3. The Morgan fingerprint density at radius 2 is 2.12 bits per heavy atom. The molecule has 3 rings (SSSR count). The maximum absolute atomic E-state index is 6.03. The number of fused-ring (bicyclic) bond motifs is 1. The molecule has 2 aliphatic rings. The molecule has 0 spiro atoms. The number of aromatic nitrogens is 3. The Morgan fingerprint density at radius 1 is 1.25 bits per heavy atom. The fraction of sp³-hybridized carbons (Fsp3) is 0.833. The van der Waals surface area contributed by atoms with Gasteiger partial charge in [-0.3, -0.25) is 0 Å². The minimum absolute atomic E-state index is 0.291. The van der Waals surface area contributed by atoms with E-state index in [0.717, 1.165) is 31.1 Å². The van der Waals surface area contributed by atoms with E-state index in [1.807, 2.05) is 0 Å². The summed E-state index contributed by atoms with van der Waals surface area (Å²) in [6, 6.07) is 0.291. The van der Waals surface area contributed by atoms with Crippen molar-refractivity contribution in [2.75, 3.05) is 0 Å². The Morgan fingerprint density at radius 3 is 2.88 bits per heavy atom. The highest BCUT2D eigenvalue weighted by Crippen LogP contribution is 2.39. The molecule has 2 heterocycles. The lowest BCUT2D eigenvalue weighted by Crippen LogP contribution is -2.33. The zero-order valence-electron chi connectivity index (χ0n) is 9.89. The Balaban J connectivity index is 1.93. The molecule has 3 atom stereocenters.